The number of thiophene rings is 1. The Bertz CT molecular complexity index is 1170. The normalized spacial score (nSPS) is 14.7. The van der Waals surface area contributed by atoms with Gasteiger partial charge in [0.05, 0.1) is 15.2 Å². The van der Waals surface area contributed by atoms with Gasteiger partial charge < -0.3 is 0 Å². The number of fused-ring (bicyclic) bond motifs is 3. The van der Waals surface area contributed by atoms with Gasteiger partial charge in [0.15, 0.2) is 5.16 Å². The van der Waals surface area contributed by atoms with Gasteiger partial charge in [-0.3, -0.25) is 19.5 Å². The van der Waals surface area contributed by atoms with Crippen LogP contribution in [0.3, 0.4) is 0 Å². The second kappa shape index (κ2) is 8.08. The lowest BCUT2D eigenvalue weighted by Crippen LogP contribution is -2.26. The van der Waals surface area contributed by atoms with E-state index in [0.29, 0.717) is 15.1 Å². The molecule has 1 aliphatic rings. The van der Waals surface area contributed by atoms with Crippen LogP contribution in [0.5, 0.6) is 0 Å². The van der Waals surface area contributed by atoms with Crippen molar-refractivity contribution in [2.24, 2.45) is 0 Å². The summed E-state index contributed by atoms with van der Waals surface area (Å²) in [6.07, 6.45) is 4.90. The van der Waals surface area contributed by atoms with Gasteiger partial charge in [0.2, 0.25) is 0 Å². The summed E-state index contributed by atoms with van der Waals surface area (Å²) < 4.78 is 1.70. The molecule has 0 amide bonds. The second-order valence-electron chi connectivity index (χ2n) is 7.19. The molecule has 29 heavy (non-hydrogen) atoms. The third kappa shape index (κ3) is 3.69. The van der Waals surface area contributed by atoms with E-state index in [4.69, 9.17) is 16.6 Å². The minimum Gasteiger partial charge on any atom is -0.284 e. The van der Waals surface area contributed by atoms with Crippen molar-refractivity contribution in [3.63, 3.8) is 0 Å². The van der Waals surface area contributed by atoms with E-state index < -0.39 is 4.92 Å². The minimum absolute atomic E-state index is 0.0390. The van der Waals surface area contributed by atoms with E-state index >= 15 is 0 Å². The summed E-state index contributed by atoms with van der Waals surface area (Å²) in [5.74, 6) is 0. The van der Waals surface area contributed by atoms with E-state index in [2.05, 4.69) is 0 Å². The van der Waals surface area contributed by atoms with Crippen molar-refractivity contribution < 1.29 is 4.92 Å². The van der Waals surface area contributed by atoms with Gasteiger partial charge in [-0.05, 0) is 68.5 Å². The van der Waals surface area contributed by atoms with Gasteiger partial charge in [-0.2, -0.15) is 0 Å². The molecule has 1 aliphatic carbocycles. The van der Waals surface area contributed by atoms with Crippen LogP contribution >= 0.6 is 34.7 Å². The van der Waals surface area contributed by atoms with Crippen LogP contribution in [0.2, 0.25) is 5.02 Å². The monoisotopic (exact) mass is 449 g/mol. The predicted molar refractivity (Wildman–Crippen MR) is 118 cm³/mol. The van der Waals surface area contributed by atoms with Crippen molar-refractivity contribution in [3.8, 4) is 0 Å². The molecule has 3 aromatic rings. The molecular weight excluding hydrogens is 430 g/mol. The number of benzene rings is 1. The van der Waals surface area contributed by atoms with Crippen molar-refractivity contribution in [3.05, 3.63) is 54.1 Å². The Morgan fingerprint density at radius 1 is 1.38 bits per heavy atom. The fourth-order valence-electron chi connectivity index (χ4n) is 3.66. The molecule has 0 spiro atoms. The summed E-state index contributed by atoms with van der Waals surface area (Å²) in [6, 6.07) is 4.50. The second-order valence-corrected chi connectivity index (χ2v) is 9.72. The first-order valence-corrected chi connectivity index (χ1v) is 11.6. The third-order valence-electron chi connectivity index (χ3n) is 5.34. The fraction of sp³-hybridized carbons (Fsp3) is 0.400. The highest BCUT2D eigenvalue weighted by molar-refractivity contribution is 7.99. The largest absolute Gasteiger partial charge is 0.284 e. The Morgan fingerprint density at radius 3 is 2.86 bits per heavy atom. The van der Waals surface area contributed by atoms with Gasteiger partial charge in [-0.25, -0.2) is 4.98 Å². The molecule has 0 radical (unpaired) electrons. The van der Waals surface area contributed by atoms with Crippen molar-refractivity contribution in [2.45, 2.75) is 62.0 Å². The van der Waals surface area contributed by atoms with Crippen molar-refractivity contribution in [1.29, 1.82) is 0 Å². The smallest absolute Gasteiger partial charge is 0.284 e. The fourth-order valence-corrected chi connectivity index (χ4v) is 6.20. The Hall–Kier alpha value is -1.90. The highest BCUT2D eigenvalue weighted by atomic mass is 35.5. The maximum atomic E-state index is 13.5. The predicted octanol–water partition coefficient (Wildman–Crippen LogP) is 6.02. The molecule has 0 bridgehead atoms. The number of hydrogen-bond donors (Lipinski definition) is 0. The van der Waals surface area contributed by atoms with Crippen LogP contribution < -0.4 is 5.56 Å². The highest BCUT2D eigenvalue weighted by Crippen LogP contribution is 2.39. The lowest BCUT2D eigenvalue weighted by atomic mass is 9.97. The molecule has 0 aliphatic heterocycles. The van der Waals surface area contributed by atoms with Crippen molar-refractivity contribution in [2.75, 3.05) is 0 Å². The number of nitrogens with zero attached hydrogens (tertiary/aromatic N) is 3. The molecular formula is C20H20ClN3O3S2. The molecule has 2 heterocycles. The van der Waals surface area contributed by atoms with E-state index in [0.717, 1.165) is 59.6 Å². The summed E-state index contributed by atoms with van der Waals surface area (Å²) in [7, 11) is 0. The maximum Gasteiger partial charge on any atom is 0.284 e. The van der Waals surface area contributed by atoms with Gasteiger partial charge in [-0.15, -0.1) is 11.3 Å². The Balaban J connectivity index is 1.92. The topological polar surface area (TPSA) is 78.0 Å². The zero-order valence-corrected chi connectivity index (χ0v) is 18.5. The lowest BCUT2D eigenvalue weighted by molar-refractivity contribution is -0.387. The average Bonchev–Trinajstić information content (AvgIpc) is 3.07. The number of hydrogen-bond acceptors (Lipinski definition) is 6. The molecule has 0 saturated carbocycles. The van der Waals surface area contributed by atoms with Crippen LogP contribution in [0.1, 0.15) is 49.6 Å². The van der Waals surface area contributed by atoms with Crippen molar-refractivity contribution in [1.82, 2.24) is 9.55 Å². The number of nitro benzene ring substituents is 1. The van der Waals surface area contributed by atoms with Crippen molar-refractivity contribution >= 4 is 50.6 Å². The van der Waals surface area contributed by atoms with Crippen LogP contribution in [0.4, 0.5) is 5.69 Å². The van der Waals surface area contributed by atoms with Crippen LogP contribution in [0.25, 0.3) is 10.2 Å². The first-order valence-electron chi connectivity index (χ1n) is 9.59. The standard InChI is InChI=1S/C20H20ClN3O3S2/c1-3-11(2)23-19(25)17-13-6-4-5-7-15(13)28-18(17)22-20(23)29-16-9-8-12(21)10-14(16)24(26)27/h8-11H,3-7H2,1-2H3. The first kappa shape index (κ1) is 20.4. The van der Waals surface area contributed by atoms with Crippen LogP contribution in [-0.4, -0.2) is 14.5 Å². The van der Waals surface area contributed by atoms with E-state index in [-0.39, 0.29) is 17.3 Å². The molecule has 4 rings (SSSR count). The molecule has 0 N–H and O–H groups in total. The zero-order valence-electron chi connectivity index (χ0n) is 16.1. The number of aromatic nitrogens is 2. The Labute approximate surface area is 181 Å². The molecule has 2 aromatic heterocycles. The maximum absolute atomic E-state index is 13.5. The molecule has 152 valence electrons. The SMILES string of the molecule is CCC(C)n1c(Sc2ccc(Cl)cc2[N+](=O)[O-])nc2sc3c(c2c1=O)CCCC3. The summed E-state index contributed by atoms with van der Waals surface area (Å²) >= 11 is 8.69. The molecule has 6 nitrogen and oxygen atoms in total. The van der Waals surface area contributed by atoms with E-state index in [1.807, 2.05) is 13.8 Å². The van der Waals surface area contributed by atoms with Gasteiger partial charge in [0, 0.05) is 22.0 Å². The summed E-state index contributed by atoms with van der Waals surface area (Å²) in [5.41, 5.74) is 1.03. The number of aryl methyl sites for hydroxylation is 2. The molecule has 0 fully saturated rings. The van der Waals surface area contributed by atoms with Crippen LogP contribution in [0, 0.1) is 10.1 Å². The molecule has 0 saturated heterocycles. The third-order valence-corrected chi connectivity index (χ3v) is 7.80. The number of halogens is 1. The Kier molecular flexibility index (Phi) is 5.68. The quantitative estimate of drug-likeness (QED) is 0.270. The van der Waals surface area contributed by atoms with Gasteiger partial charge in [-0.1, -0.05) is 18.5 Å². The van der Waals surface area contributed by atoms with Gasteiger partial charge >= 0.3 is 0 Å². The average molecular weight is 450 g/mol. The van der Waals surface area contributed by atoms with E-state index in [9.17, 15) is 14.9 Å². The Morgan fingerprint density at radius 2 is 2.14 bits per heavy atom. The molecule has 1 atom stereocenters. The summed E-state index contributed by atoms with van der Waals surface area (Å²) in [6.45, 7) is 4.00. The van der Waals surface area contributed by atoms with Gasteiger partial charge in [0.1, 0.15) is 4.83 Å². The minimum atomic E-state index is -0.456. The molecule has 9 heteroatoms. The lowest BCUT2D eigenvalue weighted by Gasteiger charge is -2.18. The molecule has 1 aromatic carbocycles. The summed E-state index contributed by atoms with van der Waals surface area (Å²) in [4.78, 5) is 31.8. The number of rotatable bonds is 5. The van der Waals surface area contributed by atoms with Crippen LogP contribution in [0.15, 0.2) is 33.0 Å². The molecule has 1 unspecified atom stereocenters. The highest BCUT2D eigenvalue weighted by Gasteiger charge is 2.25. The van der Waals surface area contributed by atoms with Crippen LogP contribution in [-0.2, 0) is 12.8 Å². The van der Waals surface area contributed by atoms with Gasteiger partial charge in [0.25, 0.3) is 11.2 Å². The number of nitro groups is 1. The summed E-state index contributed by atoms with van der Waals surface area (Å²) in [5, 5.41) is 13.0. The first-order chi connectivity index (χ1) is 13.9. The van der Waals surface area contributed by atoms with E-state index in [1.165, 1.54) is 10.9 Å². The van der Waals surface area contributed by atoms with E-state index in [1.54, 1.807) is 28.0 Å². The zero-order chi connectivity index (χ0) is 20.7.